The van der Waals surface area contributed by atoms with Crippen molar-refractivity contribution in [2.24, 2.45) is 5.92 Å². The lowest BCUT2D eigenvalue weighted by Gasteiger charge is -2.04. The molecule has 0 spiro atoms. The first-order chi connectivity index (χ1) is 7.65. The van der Waals surface area contributed by atoms with Crippen molar-refractivity contribution in [3.8, 4) is 0 Å². The second kappa shape index (κ2) is 6.56. The van der Waals surface area contributed by atoms with Crippen LogP contribution in [0.3, 0.4) is 0 Å². The molecule has 0 aliphatic rings. The van der Waals surface area contributed by atoms with Gasteiger partial charge in [0.05, 0.1) is 5.69 Å². The lowest BCUT2D eigenvalue weighted by Crippen LogP contribution is -2.00. The van der Waals surface area contributed by atoms with Crippen LogP contribution in [0.2, 0.25) is 0 Å². The molecule has 0 atom stereocenters. The van der Waals surface area contributed by atoms with Gasteiger partial charge >= 0.3 is 0 Å². The highest BCUT2D eigenvalue weighted by molar-refractivity contribution is 5.39. The van der Waals surface area contributed by atoms with Gasteiger partial charge in [-0.15, -0.1) is 0 Å². The summed E-state index contributed by atoms with van der Waals surface area (Å²) in [6, 6.07) is 0. The van der Waals surface area contributed by atoms with Crippen LogP contribution in [-0.4, -0.2) is 5.16 Å². The largest absolute Gasteiger partial charge is 0.367 e. The average molecular weight is 224 g/mol. The molecule has 0 aliphatic heterocycles. The van der Waals surface area contributed by atoms with Gasteiger partial charge in [0.1, 0.15) is 0 Å². The van der Waals surface area contributed by atoms with E-state index in [2.05, 4.69) is 25.9 Å². The zero-order chi connectivity index (χ0) is 12.0. The Hall–Kier alpha value is -0.990. The minimum absolute atomic E-state index is 0.513. The number of hydrogen-bond donors (Lipinski definition) is 1. The first-order valence-electron chi connectivity index (χ1n) is 6.38. The maximum Gasteiger partial charge on any atom is 0.225 e. The summed E-state index contributed by atoms with van der Waals surface area (Å²) in [5.74, 6) is 1.11. The fourth-order valence-electron chi connectivity index (χ4n) is 1.90. The van der Waals surface area contributed by atoms with Gasteiger partial charge in [-0.1, -0.05) is 45.2 Å². The Morgan fingerprint density at radius 2 is 2.00 bits per heavy atom. The Bertz CT molecular complexity index is 305. The van der Waals surface area contributed by atoms with Crippen molar-refractivity contribution in [3.05, 3.63) is 11.3 Å². The SMILES string of the molecule is CCCCCCc1noc(N)c1CC(C)C. The van der Waals surface area contributed by atoms with E-state index < -0.39 is 0 Å². The molecule has 92 valence electrons. The molecule has 0 unspecified atom stereocenters. The van der Waals surface area contributed by atoms with Crippen molar-refractivity contribution in [2.45, 2.75) is 59.3 Å². The smallest absolute Gasteiger partial charge is 0.225 e. The molecular formula is C13H24N2O. The molecule has 16 heavy (non-hydrogen) atoms. The van der Waals surface area contributed by atoms with E-state index in [-0.39, 0.29) is 0 Å². The topological polar surface area (TPSA) is 52.0 Å². The highest BCUT2D eigenvalue weighted by atomic mass is 16.5. The van der Waals surface area contributed by atoms with Gasteiger partial charge in [-0.2, -0.15) is 0 Å². The van der Waals surface area contributed by atoms with Crippen LogP contribution in [0.4, 0.5) is 5.88 Å². The third-order valence-corrected chi connectivity index (χ3v) is 2.78. The van der Waals surface area contributed by atoms with Crippen molar-refractivity contribution in [3.63, 3.8) is 0 Å². The third kappa shape index (κ3) is 3.87. The Morgan fingerprint density at radius 1 is 1.25 bits per heavy atom. The van der Waals surface area contributed by atoms with E-state index in [4.69, 9.17) is 10.3 Å². The zero-order valence-corrected chi connectivity index (χ0v) is 10.8. The molecule has 1 heterocycles. The summed E-state index contributed by atoms with van der Waals surface area (Å²) in [5.41, 5.74) is 7.99. The van der Waals surface area contributed by atoms with Gasteiger partial charge in [0.2, 0.25) is 5.88 Å². The van der Waals surface area contributed by atoms with E-state index in [0.29, 0.717) is 11.8 Å². The number of aromatic nitrogens is 1. The monoisotopic (exact) mass is 224 g/mol. The molecule has 0 saturated carbocycles. The van der Waals surface area contributed by atoms with Crippen LogP contribution in [0, 0.1) is 5.92 Å². The van der Waals surface area contributed by atoms with Gasteiger partial charge in [-0.05, 0) is 25.2 Å². The number of unbranched alkanes of at least 4 members (excludes halogenated alkanes) is 3. The first kappa shape index (κ1) is 13.1. The fourth-order valence-corrected chi connectivity index (χ4v) is 1.90. The van der Waals surface area contributed by atoms with Crippen LogP contribution in [-0.2, 0) is 12.8 Å². The Balaban J connectivity index is 2.51. The lowest BCUT2D eigenvalue weighted by atomic mass is 10.00. The van der Waals surface area contributed by atoms with Crippen LogP contribution in [0.5, 0.6) is 0 Å². The van der Waals surface area contributed by atoms with Crippen molar-refractivity contribution in [1.29, 1.82) is 0 Å². The molecule has 1 rings (SSSR count). The molecule has 0 bridgehead atoms. The standard InChI is InChI=1S/C13H24N2O/c1-4-5-6-7-8-12-11(9-10(2)3)13(14)16-15-12/h10H,4-9,14H2,1-3H3. The molecule has 3 nitrogen and oxygen atoms in total. The van der Waals surface area contributed by atoms with E-state index in [1.807, 2.05) is 0 Å². The number of nitrogens with two attached hydrogens (primary N) is 1. The Kier molecular flexibility index (Phi) is 5.36. The minimum Gasteiger partial charge on any atom is -0.367 e. The summed E-state index contributed by atoms with van der Waals surface area (Å²) in [6.45, 7) is 6.60. The van der Waals surface area contributed by atoms with Crippen molar-refractivity contribution < 1.29 is 4.52 Å². The van der Waals surface area contributed by atoms with Crippen LogP contribution in [0.1, 0.15) is 57.7 Å². The summed E-state index contributed by atoms with van der Waals surface area (Å²) >= 11 is 0. The van der Waals surface area contributed by atoms with Gasteiger partial charge < -0.3 is 10.3 Å². The van der Waals surface area contributed by atoms with E-state index >= 15 is 0 Å². The maximum atomic E-state index is 5.79. The second-order valence-corrected chi connectivity index (χ2v) is 4.88. The quantitative estimate of drug-likeness (QED) is 0.720. The maximum absolute atomic E-state index is 5.79. The predicted molar refractivity (Wildman–Crippen MR) is 67.3 cm³/mol. The molecule has 0 amide bonds. The molecule has 1 aromatic rings. The second-order valence-electron chi connectivity index (χ2n) is 4.88. The number of anilines is 1. The molecule has 0 aliphatic carbocycles. The summed E-state index contributed by atoms with van der Waals surface area (Å²) in [6.07, 6.45) is 6.99. The normalized spacial score (nSPS) is 11.2. The fraction of sp³-hybridized carbons (Fsp3) is 0.769. The summed E-state index contributed by atoms with van der Waals surface area (Å²) in [7, 11) is 0. The van der Waals surface area contributed by atoms with Gasteiger partial charge in [-0.25, -0.2) is 0 Å². The van der Waals surface area contributed by atoms with Gasteiger partial charge in [0.25, 0.3) is 0 Å². The van der Waals surface area contributed by atoms with E-state index in [1.165, 1.54) is 25.7 Å². The summed E-state index contributed by atoms with van der Waals surface area (Å²) in [4.78, 5) is 0. The van der Waals surface area contributed by atoms with Crippen LogP contribution >= 0.6 is 0 Å². The molecule has 0 radical (unpaired) electrons. The average Bonchev–Trinajstić information content (AvgIpc) is 2.56. The molecule has 0 fully saturated rings. The highest BCUT2D eigenvalue weighted by Gasteiger charge is 2.14. The Labute approximate surface area is 98.4 Å². The van der Waals surface area contributed by atoms with Crippen LogP contribution < -0.4 is 5.73 Å². The number of hydrogen-bond acceptors (Lipinski definition) is 3. The molecule has 1 aromatic heterocycles. The lowest BCUT2D eigenvalue weighted by molar-refractivity contribution is 0.425. The highest BCUT2D eigenvalue weighted by Crippen LogP contribution is 2.22. The summed E-state index contributed by atoms with van der Waals surface area (Å²) < 4.78 is 5.08. The van der Waals surface area contributed by atoms with Gasteiger partial charge in [0, 0.05) is 5.56 Å². The molecule has 2 N–H and O–H groups in total. The van der Waals surface area contributed by atoms with Crippen molar-refractivity contribution in [1.82, 2.24) is 5.16 Å². The molecule has 0 aromatic carbocycles. The van der Waals surface area contributed by atoms with E-state index in [9.17, 15) is 0 Å². The molecule has 0 saturated heterocycles. The third-order valence-electron chi connectivity index (χ3n) is 2.78. The van der Waals surface area contributed by atoms with E-state index in [0.717, 1.165) is 24.1 Å². The van der Waals surface area contributed by atoms with Gasteiger partial charge in [-0.3, -0.25) is 0 Å². The molecular weight excluding hydrogens is 200 g/mol. The van der Waals surface area contributed by atoms with Crippen LogP contribution in [0.25, 0.3) is 0 Å². The number of nitrogens with zero attached hydrogens (tertiary/aromatic N) is 1. The van der Waals surface area contributed by atoms with Crippen LogP contribution in [0.15, 0.2) is 4.52 Å². The summed E-state index contributed by atoms with van der Waals surface area (Å²) in [5, 5.41) is 4.07. The van der Waals surface area contributed by atoms with Crippen molar-refractivity contribution >= 4 is 5.88 Å². The first-order valence-corrected chi connectivity index (χ1v) is 6.38. The number of aryl methyl sites for hydroxylation is 1. The van der Waals surface area contributed by atoms with Gasteiger partial charge in [0.15, 0.2) is 0 Å². The minimum atomic E-state index is 0.513. The zero-order valence-electron chi connectivity index (χ0n) is 10.8. The van der Waals surface area contributed by atoms with E-state index in [1.54, 1.807) is 0 Å². The number of nitrogen functional groups attached to an aromatic ring is 1. The molecule has 3 heteroatoms. The van der Waals surface area contributed by atoms with Crippen molar-refractivity contribution in [2.75, 3.05) is 5.73 Å². The Morgan fingerprint density at radius 3 is 2.62 bits per heavy atom. The number of rotatable bonds is 7. The predicted octanol–water partition coefficient (Wildman–Crippen LogP) is 3.58.